The zero-order valence-corrected chi connectivity index (χ0v) is 19.5. The molecule has 1 aliphatic carbocycles. The standard InChI is InChI=1S/C24H21ClN2O5S/c1-32-17-7-5-6-15(12-17)14-27-20-11-10-16(25)13-19(20)22(18-8-3-4-9-21(18)28)23(27)24(29)26-33(2,30)31/h3-8,10-13H,9,14H2,1-2H3,(H,26,29). The highest BCUT2D eigenvalue weighted by molar-refractivity contribution is 7.89. The number of carbonyl (C=O) groups excluding carboxylic acids is 2. The zero-order chi connectivity index (χ0) is 23.8. The number of hydrogen-bond donors (Lipinski definition) is 1. The lowest BCUT2D eigenvalue weighted by molar-refractivity contribution is -0.113. The summed E-state index contributed by atoms with van der Waals surface area (Å²) in [6, 6.07) is 12.4. The number of aromatic nitrogens is 1. The molecule has 0 saturated heterocycles. The van der Waals surface area contributed by atoms with Gasteiger partial charge in [0.05, 0.1) is 13.4 Å². The van der Waals surface area contributed by atoms with Crippen molar-refractivity contribution in [3.05, 3.63) is 82.5 Å². The first-order valence-corrected chi connectivity index (χ1v) is 12.3. The molecule has 1 aliphatic rings. The summed E-state index contributed by atoms with van der Waals surface area (Å²) in [5.41, 5.74) is 2.21. The number of amides is 1. The van der Waals surface area contributed by atoms with Crippen LogP contribution in [0.25, 0.3) is 16.5 Å². The summed E-state index contributed by atoms with van der Waals surface area (Å²) in [4.78, 5) is 26.1. The van der Waals surface area contributed by atoms with Crippen LogP contribution < -0.4 is 9.46 Å². The Hall–Kier alpha value is -3.36. The summed E-state index contributed by atoms with van der Waals surface area (Å²) in [6.45, 7) is 0.235. The summed E-state index contributed by atoms with van der Waals surface area (Å²) in [5, 5.41) is 1.01. The minimum absolute atomic E-state index is 0.0652. The van der Waals surface area contributed by atoms with Crippen molar-refractivity contribution in [1.29, 1.82) is 0 Å². The zero-order valence-electron chi connectivity index (χ0n) is 18.0. The molecule has 1 amide bonds. The Morgan fingerprint density at radius 2 is 2.00 bits per heavy atom. The van der Waals surface area contributed by atoms with Gasteiger partial charge in [-0.25, -0.2) is 13.1 Å². The molecule has 0 bridgehead atoms. The van der Waals surface area contributed by atoms with E-state index >= 15 is 0 Å². The fourth-order valence-electron chi connectivity index (χ4n) is 3.93. The van der Waals surface area contributed by atoms with Gasteiger partial charge in [0.15, 0.2) is 5.78 Å². The maximum Gasteiger partial charge on any atom is 0.282 e. The summed E-state index contributed by atoms with van der Waals surface area (Å²) in [7, 11) is -2.30. The van der Waals surface area contributed by atoms with Crippen molar-refractivity contribution in [1.82, 2.24) is 9.29 Å². The second-order valence-electron chi connectivity index (χ2n) is 7.66. The molecular formula is C24H21ClN2O5S. The quantitative estimate of drug-likeness (QED) is 0.571. The molecule has 33 heavy (non-hydrogen) atoms. The number of hydrogen-bond acceptors (Lipinski definition) is 5. The first-order valence-electron chi connectivity index (χ1n) is 10.0. The van der Waals surface area contributed by atoms with Crippen LogP contribution in [0.1, 0.15) is 28.0 Å². The third kappa shape index (κ3) is 4.72. The Morgan fingerprint density at radius 3 is 2.70 bits per heavy atom. The molecule has 7 nitrogen and oxygen atoms in total. The van der Waals surface area contributed by atoms with E-state index in [1.807, 2.05) is 18.2 Å². The summed E-state index contributed by atoms with van der Waals surface area (Å²) in [6.07, 6.45) is 6.19. The number of ether oxygens (including phenoxy) is 1. The SMILES string of the molecule is COc1cccc(Cn2c(C(=O)NS(C)(=O)=O)c(C3=CC=CCC3=O)c3cc(Cl)ccc32)c1. The number of fused-ring (bicyclic) bond motifs is 1. The van der Waals surface area contributed by atoms with E-state index in [-0.39, 0.29) is 24.4 Å². The van der Waals surface area contributed by atoms with Gasteiger partial charge in [0, 0.05) is 40.0 Å². The van der Waals surface area contributed by atoms with E-state index in [0.717, 1.165) is 11.8 Å². The molecule has 0 saturated carbocycles. The number of benzene rings is 2. The second kappa shape index (κ2) is 8.88. The number of nitrogens with one attached hydrogen (secondary N) is 1. The molecule has 0 unspecified atom stereocenters. The number of allylic oxidation sites excluding steroid dienone is 4. The molecule has 3 aromatic rings. The molecular weight excluding hydrogens is 464 g/mol. The molecule has 1 heterocycles. The molecule has 0 radical (unpaired) electrons. The van der Waals surface area contributed by atoms with Crippen molar-refractivity contribution in [3.8, 4) is 5.75 Å². The van der Waals surface area contributed by atoms with Gasteiger partial charge in [-0.05, 0) is 35.9 Å². The van der Waals surface area contributed by atoms with Crippen molar-refractivity contribution in [2.45, 2.75) is 13.0 Å². The van der Waals surface area contributed by atoms with Crippen LogP contribution in [0.3, 0.4) is 0 Å². The van der Waals surface area contributed by atoms with E-state index in [0.29, 0.717) is 32.8 Å². The van der Waals surface area contributed by atoms with Gasteiger partial charge in [0.2, 0.25) is 10.0 Å². The monoisotopic (exact) mass is 484 g/mol. The molecule has 9 heteroatoms. The maximum atomic E-state index is 13.3. The molecule has 0 fully saturated rings. The Kier molecular flexibility index (Phi) is 6.14. The Labute approximate surface area is 196 Å². The largest absolute Gasteiger partial charge is 0.497 e. The first kappa shape index (κ1) is 22.8. The first-order chi connectivity index (χ1) is 15.7. The predicted molar refractivity (Wildman–Crippen MR) is 128 cm³/mol. The topological polar surface area (TPSA) is 94.5 Å². The van der Waals surface area contributed by atoms with Crippen molar-refractivity contribution in [2.75, 3.05) is 13.4 Å². The normalized spacial score (nSPS) is 13.8. The smallest absolute Gasteiger partial charge is 0.282 e. The lowest BCUT2D eigenvalue weighted by Crippen LogP contribution is -2.32. The number of sulfonamides is 1. The highest BCUT2D eigenvalue weighted by Gasteiger charge is 2.29. The van der Waals surface area contributed by atoms with Crippen molar-refractivity contribution >= 4 is 49.8 Å². The average molecular weight is 485 g/mol. The fourth-order valence-corrected chi connectivity index (χ4v) is 4.54. The van der Waals surface area contributed by atoms with Crippen LogP contribution in [0.4, 0.5) is 0 Å². The summed E-state index contributed by atoms with van der Waals surface area (Å²) >= 11 is 6.27. The van der Waals surface area contributed by atoms with Gasteiger partial charge in [-0.2, -0.15) is 0 Å². The Balaban J connectivity index is 2.03. The second-order valence-corrected chi connectivity index (χ2v) is 9.85. The van der Waals surface area contributed by atoms with Crippen LogP contribution in [-0.2, 0) is 21.4 Å². The number of halogens is 1. The molecule has 2 aromatic carbocycles. The van der Waals surface area contributed by atoms with Crippen LogP contribution in [0.5, 0.6) is 5.75 Å². The molecule has 4 rings (SSSR count). The van der Waals surface area contributed by atoms with E-state index in [9.17, 15) is 18.0 Å². The number of carbonyl (C=O) groups is 2. The number of Topliss-reactive ketones (excluding diaryl/α,β-unsaturated/α-hetero) is 1. The number of ketones is 1. The highest BCUT2D eigenvalue weighted by atomic mass is 35.5. The minimum atomic E-state index is -3.86. The van der Waals surface area contributed by atoms with Crippen LogP contribution in [0.15, 0.2) is 60.7 Å². The van der Waals surface area contributed by atoms with Crippen LogP contribution in [0.2, 0.25) is 5.02 Å². The lowest BCUT2D eigenvalue weighted by Gasteiger charge is -2.14. The Morgan fingerprint density at radius 1 is 1.21 bits per heavy atom. The van der Waals surface area contributed by atoms with Gasteiger partial charge in [-0.15, -0.1) is 0 Å². The van der Waals surface area contributed by atoms with Crippen molar-refractivity contribution < 1.29 is 22.7 Å². The van der Waals surface area contributed by atoms with Crippen molar-refractivity contribution in [3.63, 3.8) is 0 Å². The highest BCUT2D eigenvalue weighted by Crippen LogP contribution is 2.36. The third-order valence-electron chi connectivity index (χ3n) is 5.27. The van der Waals surface area contributed by atoms with Gasteiger partial charge in [-0.1, -0.05) is 42.0 Å². The third-order valence-corrected chi connectivity index (χ3v) is 6.06. The van der Waals surface area contributed by atoms with E-state index in [2.05, 4.69) is 4.72 Å². The number of nitrogens with zero attached hydrogens (tertiary/aromatic N) is 1. The van der Waals surface area contributed by atoms with Gasteiger partial charge in [0.1, 0.15) is 11.4 Å². The van der Waals surface area contributed by atoms with E-state index in [1.54, 1.807) is 54.2 Å². The molecule has 170 valence electrons. The lowest BCUT2D eigenvalue weighted by atomic mass is 9.93. The fraction of sp³-hybridized carbons (Fsp3) is 0.167. The average Bonchev–Trinajstić information content (AvgIpc) is 3.06. The predicted octanol–water partition coefficient (Wildman–Crippen LogP) is 3.95. The number of rotatable bonds is 6. The van der Waals surface area contributed by atoms with Crippen LogP contribution >= 0.6 is 11.6 Å². The molecule has 1 N–H and O–H groups in total. The Bertz CT molecular complexity index is 1450. The van der Waals surface area contributed by atoms with Crippen LogP contribution in [0, 0.1) is 0 Å². The molecule has 0 aliphatic heterocycles. The van der Waals surface area contributed by atoms with Gasteiger partial charge < -0.3 is 9.30 Å². The van der Waals surface area contributed by atoms with Gasteiger partial charge in [-0.3, -0.25) is 9.59 Å². The summed E-state index contributed by atoms with van der Waals surface area (Å²) in [5.74, 6) is -0.359. The van der Waals surface area contributed by atoms with Gasteiger partial charge in [0.25, 0.3) is 5.91 Å². The van der Waals surface area contributed by atoms with E-state index in [4.69, 9.17) is 16.3 Å². The van der Waals surface area contributed by atoms with Crippen molar-refractivity contribution in [2.24, 2.45) is 0 Å². The molecule has 0 spiro atoms. The minimum Gasteiger partial charge on any atom is -0.497 e. The number of methoxy groups -OCH3 is 1. The van der Waals surface area contributed by atoms with E-state index in [1.165, 1.54) is 0 Å². The van der Waals surface area contributed by atoms with Crippen LogP contribution in [-0.4, -0.2) is 38.0 Å². The van der Waals surface area contributed by atoms with Gasteiger partial charge >= 0.3 is 0 Å². The maximum absolute atomic E-state index is 13.3. The summed E-state index contributed by atoms with van der Waals surface area (Å²) < 4.78 is 32.9. The molecule has 0 atom stereocenters. The molecule has 1 aromatic heterocycles. The van der Waals surface area contributed by atoms with E-state index < -0.39 is 15.9 Å².